The van der Waals surface area contributed by atoms with E-state index in [-0.39, 0.29) is 19.1 Å². The van der Waals surface area contributed by atoms with E-state index in [1.165, 1.54) is 7.11 Å². The fourth-order valence-corrected chi connectivity index (χ4v) is 2.44. The molecule has 1 aliphatic rings. The van der Waals surface area contributed by atoms with Crippen LogP contribution in [0.3, 0.4) is 0 Å². The Morgan fingerprint density at radius 2 is 2.11 bits per heavy atom. The van der Waals surface area contributed by atoms with Crippen LogP contribution in [0.1, 0.15) is 18.4 Å². The Labute approximate surface area is 121 Å². The summed E-state index contributed by atoms with van der Waals surface area (Å²) in [7, 11) is 1.52. The molecule has 1 aromatic carbocycles. The molecular weight excluding hydrogens is 310 g/mol. The van der Waals surface area contributed by atoms with E-state index in [1.54, 1.807) is 0 Å². The summed E-state index contributed by atoms with van der Waals surface area (Å²) in [6.07, 6.45) is 1.07. The monoisotopic (exact) mass is 327 g/mol. The van der Waals surface area contributed by atoms with Gasteiger partial charge in [0.25, 0.3) is 0 Å². The van der Waals surface area contributed by atoms with Gasteiger partial charge in [-0.2, -0.15) is 0 Å². The Balaban J connectivity index is 1.96. The molecule has 1 fully saturated rings. The van der Waals surface area contributed by atoms with Gasteiger partial charge in [0.05, 0.1) is 18.1 Å². The number of carbonyl (C=O) groups excluding carboxylic acids is 1. The van der Waals surface area contributed by atoms with Crippen LogP contribution in [0.2, 0.25) is 0 Å². The summed E-state index contributed by atoms with van der Waals surface area (Å²) >= 11 is 3.39. The maximum atomic E-state index is 12.2. The molecule has 2 N–H and O–H groups in total. The topological polar surface area (TPSA) is 58.6 Å². The second-order valence-corrected chi connectivity index (χ2v) is 5.82. The van der Waals surface area contributed by atoms with Gasteiger partial charge in [0.15, 0.2) is 0 Å². The first-order valence-electron chi connectivity index (χ1n) is 6.30. The molecule has 1 amide bonds. The van der Waals surface area contributed by atoms with Gasteiger partial charge in [-0.1, -0.05) is 28.1 Å². The summed E-state index contributed by atoms with van der Waals surface area (Å²) in [6.45, 7) is 0.455. The minimum Gasteiger partial charge on any atom is -0.389 e. The number of aliphatic hydroxyl groups is 1. The van der Waals surface area contributed by atoms with E-state index in [2.05, 4.69) is 21.2 Å². The van der Waals surface area contributed by atoms with Crippen molar-refractivity contribution >= 4 is 21.8 Å². The van der Waals surface area contributed by atoms with Gasteiger partial charge in [-0.15, -0.1) is 0 Å². The molecule has 0 aliphatic heterocycles. The summed E-state index contributed by atoms with van der Waals surface area (Å²) in [5.41, 5.74) is 0.641. The van der Waals surface area contributed by atoms with Crippen molar-refractivity contribution in [3.63, 3.8) is 0 Å². The lowest BCUT2D eigenvalue weighted by Crippen LogP contribution is -2.40. The highest BCUT2D eigenvalue weighted by Crippen LogP contribution is 2.48. The van der Waals surface area contributed by atoms with Gasteiger partial charge in [0.2, 0.25) is 5.91 Å². The van der Waals surface area contributed by atoms with Crippen molar-refractivity contribution in [1.82, 2.24) is 5.32 Å². The summed E-state index contributed by atoms with van der Waals surface area (Å²) in [4.78, 5) is 12.2. The van der Waals surface area contributed by atoms with Crippen molar-refractivity contribution in [2.75, 3.05) is 20.3 Å². The van der Waals surface area contributed by atoms with E-state index >= 15 is 0 Å². The Morgan fingerprint density at radius 1 is 1.47 bits per heavy atom. The van der Waals surface area contributed by atoms with Crippen LogP contribution >= 0.6 is 15.9 Å². The molecule has 4 nitrogen and oxygen atoms in total. The predicted octanol–water partition coefficient (Wildman–Crippen LogP) is 1.60. The number of ether oxygens (including phenoxy) is 1. The number of rotatable bonds is 6. The third kappa shape index (κ3) is 3.35. The zero-order valence-electron chi connectivity index (χ0n) is 10.9. The number of amides is 1. The Hall–Kier alpha value is -0.910. The number of hydrogen-bond donors (Lipinski definition) is 2. The van der Waals surface area contributed by atoms with E-state index in [4.69, 9.17) is 4.74 Å². The average Bonchev–Trinajstić information content (AvgIpc) is 3.19. The zero-order valence-corrected chi connectivity index (χ0v) is 12.4. The molecule has 0 radical (unpaired) electrons. The van der Waals surface area contributed by atoms with Crippen molar-refractivity contribution in [3.8, 4) is 0 Å². The van der Waals surface area contributed by atoms with Crippen LogP contribution in [0, 0.1) is 0 Å². The molecule has 1 saturated carbocycles. The molecule has 2 rings (SSSR count). The molecule has 0 spiro atoms. The van der Waals surface area contributed by atoms with E-state index in [0.29, 0.717) is 0 Å². The average molecular weight is 328 g/mol. The standard InChI is InChI=1S/C14H18BrNO3/c1-19-9-12(17)8-16-13(18)14(6-7-14)10-2-4-11(15)5-3-10/h2-5,12,17H,6-9H2,1H3,(H,16,18). The smallest absolute Gasteiger partial charge is 0.230 e. The second-order valence-electron chi connectivity index (χ2n) is 4.91. The summed E-state index contributed by atoms with van der Waals surface area (Å²) in [6, 6.07) is 7.84. The second kappa shape index (κ2) is 6.03. The zero-order chi connectivity index (χ0) is 13.9. The number of benzene rings is 1. The molecular formula is C14H18BrNO3. The van der Waals surface area contributed by atoms with Gasteiger partial charge in [-0.25, -0.2) is 0 Å². The van der Waals surface area contributed by atoms with Crippen LogP contribution < -0.4 is 5.32 Å². The fourth-order valence-electron chi connectivity index (χ4n) is 2.17. The normalized spacial score (nSPS) is 17.8. The molecule has 0 bridgehead atoms. The Morgan fingerprint density at radius 3 is 2.63 bits per heavy atom. The number of nitrogens with one attached hydrogen (secondary N) is 1. The fraction of sp³-hybridized carbons (Fsp3) is 0.500. The number of hydrogen-bond acceptors (Lipinski definition) is 3. The van der Waals surface area contributed by atoms with Gasteiger partial charge in [0, 0.05) is 18.1 Å². The van der Waals surface area contributed by atoms with Crippen LogP contribution in [0.15, 0.2) is 28.7 Å². The maximum absolute atomic E-state index is 12.2. The Bertz CT molecular complexity index is 443. The number of halogens is 1. The summed E-state index contributed by atoms with van der Waals surface area (Å²) in [5.74, 6) is -0.00928. The minimum atomic E-state index is -0.658. The maximum Gasteiger partial charge on any atom is 0.230 e. The van der Waals surface area contributed by atoms with Crippen molar-refractivity contribution in [2.45, 2.75) is 24.4 Å². The van der Waals surface area contributed by atoms with Crippen molar-refractivity contribution in [1.29, 1.82) is 0 Å². The van der Waals surface area contributed by atoms with E-state index in [1.807, 2.05) is 24.3 Å². The van der Waals surface area contributed by atoms with Crippen molar-refractivity contribution in [2.24, 2.45) is 0 Å². The summed E-state index contributed by atoms with van der Waals surface area (Å²) in [5, 5.41) is 12.3. The van der Waals surface area contributed by atoms with Crippen LogP contribution in [-0.4, -0.2) is 37.4 Å². The molecule has 104 valence electrons. The molecule has 0 heterocycles. The molecule has 1 aromatic rings. The highest BCUT2D eigenvalue weighted by atomic mass is 79.9. The first-order chi connectivity index (χ1) is 9.08. The molecule has 0 saturated heterocycles. The molecule has 1 aliphatic carbocycles. The first kappa shape index (κ1) is 14.5. The quantitative estimate of drug-likeness (QED) is 0.834. The largest absolute Gasteiger partial charge is 0.389 e. The lowest BCUT2D eigenvalue weighted by molar-refractivity contribution is -0.124. The third-order valence-electron chi connectivity index (χ3n) is 3.44. The van der Waals surface area contributed by atoms with Crippen LogP contribution in [0.5, 0.6) is 0 Å². The molecule has 5 heteroatoms. The highest BCUT2D eigenvalue weighted by molar-refractivity contribution is 9.10. The van der Waals surface area contributed by atoms with Crippen LogP contribution in [0.25, 0.3) is 0 Å². The lowest BCUT2D eigenvalue weighted by atomic mass is 9.95. The van der Waals surface area contributed by atoms with Gasteiger partial charge in [0.1, 0.15) is 0 Å². The van der Waals surface area contributed by atoms with E-state index < -0.39 is 11.5 Å². The van der Waals surface area contributed by atoms with Gasteiger partial charge < -0.3 is 15.2 Å². The third-order valence-corrected chi connectivity index (χ3v) is 3.97. The van der Waals surface area contributed by atoms with Crippen LogP contribution in [0.4, 0.5) is 0 Å². The predicted molar refractivity (Wildman–Crippen MR) is 75.9 cm³/mol. The van der Waals surface area contributed by atoms with E-state index in [0.717, 1.165) is 22.9 Å². The summed E-state index contributed by atoms with van der Waals surface area (Å²) < 4.78 is 5.83. The lowest BCUT2D eigenvalue weighted by Gasteiger charge is -2.17. The number of carbonyl (C=O) groups is 1. The van der Waals surface area contributed by atoms with Gasteiger partial charge >= 0.3 is 0 Å². The highest BCUT2D eigenvalue weighted by Gasteiger charge is 2.51. The minimum absolute atomic E-state index is 0.00928. The van der Waals surface area contributed by atoms with Crippen molar-refractivity contribution < 1.29 is 14.6 Å². The SMILES string of the molecule is COCC(O)CNC(=O)C1(c2ccc(Br)cc2)CC1. The molecule has 19 heavy (non-hydrogen) atoms. The molecule has 1 unspecified atom stereocenters. The van der Waals surface area contributed by atoms with Gasteiger partial charge in [-0.05, 0) is 30.5 Å². The molecule has 1 atom stereocenters. The Kier molecular flexibility index (Phi) is 4.60. The van der Waals surface area contributed by atoms with Crippen molar-refractivity contribution in [3.05, 3.63) is 34.3 Å². The van der Waals surface area contributed by atoms with Gasteiger partial charge in [-0.3, -0.25) is 4.79 Å². The number of methoxy groups -OCH3 is 1. The molecule has 0 aromatic heterocycles. The van der Waals surface area contributed by atoms with E-state index in [9.17, 15) is 9.90 Å². The first-order valence-corrected chi connectivity index (χ1v) is 7.09. The number of aliphatic hydroxyl groups excluding tert-OH is 1. The van der Waals surface area contributed by atoms with Crippen LogP contribution in [-0.2, 0) is 14.9 Å².